The SMILES string of the molecule is Cc1ccc(C#CCOCCn2cnc3c(N)nc4ccccc4c32)cc1C. The molecule has 0 spiro atoms. The van der Waals surface area contributed by atoms with Gasteiger partial charge in [0.15, 0.2) is 5.82 Å². The number of aromatic nitrogens is 3. The molecule has 0 aliphatic carbocycles. The van der Waals surface area contributed by atoms with E-state index < -0.39 is 0 Å². The molecule has 0 aliphatic rings. The van der Waals surface area contributed by atoms with Gasteiger partial charge in [-0.1, -0.05) is 36.1 Å². The summed E-state index contributed by atoms with van der Waals surface area (Å²) in [6, 6.07) is 14.2. The maximum Gasteiger partial charge on any atom is 0.152 e. The van der Waals surface area contributed by atoms with E-state index in [4.69, 9.17) is 10.5 Å². The summed E-state index contributed by atoms with van der Waals surface area (Å²) in [6.07, 6.45) is 1.79. The van der Waals surface area contributed by atoms with E-state index in [9.17, 15) is 0 Å². The van der Waals surface area contributed by atoms with E-state index >= 15 is 0 Å². The van der Waals surface area contributed by atoms with Crippen molar-refractivity contribution in [3.63, 3.8) is 0 Å². The maximum atomic E-state index is 6.07. The first kappa shape index (κ1) is 18.0. The van der Waals surface area contributed by atoms with Gasteiger partial charge in [-0.25, -0.2) is 9.97 Å². The molecule has 0 saturated heterocycles. The molecule has 0 bridgehead atoms. The molecule has 0 unspecified atom stereocenters. The second-order valence-electron chi connectivity index (χ2n) is 6.80. The Morgan fingerprint density at radius 2 is 1.96 bits per heavy atom. The first-order chi connectivity index (χ1) is 13.6. The van der Waals surface area contributed by atoms with E-state index in [0.717, 1.165) is 27.5 Å². The fourth-order valence-electron chi connectivity index (χ4n) is 3.22. The van der Waals surface area contributed by atoms with E-state index in [1.807, 2.05) is 30.3 Å². The van der Waals surface area contributed by atoms with Crippen LogP contribution in [0.3, 0.4) is 0 Å². The average molecular weight is 370 g/mol. The third kappa shape index (κ3) is 3.55. The third-order valence-corrected chi connectivity index (χ3v) is 4.87. The monoisotopic (exact) mass is 370 g/mol. The molecule has 0 fully saturated rings. The normalized spacial score (nSPS) is 10.9. The predicted molar refractivity (Wildman–Crippen MR) is 113 cm³/mol. The molecule has 0 saturated carbocycles. The van der Waals surface area contributed by atoms with E-state index in [1.54, 1.807) is 6.33 Å². The van der Waals surface area contributed by atoms with E-state index in [0.29, 0.717) is 25.6 Å². The van der Waals surface area contributed by atoms with Crippen LogP contribution in [0.4, 0.5) is 5.82 Å². The molecule has 140 valence electrons. The van der Waals surface area contributed by atoms with Crippen LogP contribution in [0.1, 0.15) is 16.7 Å². The Balaban J connectivity index is 1.43. The number of aryl methyl sites for hydroxylation is 2. The molecule has 2 aromatic heterocycles. The van der Waals surface area contributed by atoms with Gasteiger partial charge in [0, 0.05) is 17.5 Å². The molecule has 0 atom stereocenters. The van der Waals surface area contributed by atoms with Crippen molar-refractivity contribution in [1.29, 1.82) is 0 Å². The van der Waals surface area contributed by atoms with Gasteiger partial charge in [0.05, 0.1) is 24.0 Å². The standard InChI is InChI=1S/C23H22N4O/c1-16-9-10-18(14-17(16)2)6-5-12-28-13-11-27-15-25-21-22(27)19-7-3-4-8-20(19)26-23(21)24/h3-4,7-10,14-15H,11-13H2,1-2H3,(H2,24,26). The minimum Gasteiger partial charge on any atom is -0.382 e. The number of nitrogens with two attached hydrogens (primary N) is 1. The largest absolute Gasteiger partial charge is 0.382 e. The molecule has 5 nitrogen and oxygen atoms in total. The van der Waals surface area contributed by atoms with Crippen LogP contribution in [0.5, 0.6) is 0 Å². The molecule has 0 aliphatic heterocycles. The first-order valence-electron chi connectivity index (χ1n) is 9.26. The quantitative estimate of drug-likeness (QED) is 0.438. The highest BCUT2D eigenvalue weighted by Crippen LogP contribution is 2.26. The molecule has 4 aromatic rings. The summed E-state index contributed by atoms with van der Waals surface area (Å²) in [5.74, 6) is 6.68. The molecule has 2 aromatic carbocycles. The highest BCUT2D eigenvalue weighted by molar-refractivity contribution is 6.06. The predicted octanol–water partition coefficient (Wildman–Crippen LogP) is 3.85. The van der Waals surface area contributed by atoms with Gasteiger partial charge >= 0.3 is 0 Å². The number of ether oxygens (including phenoxy) is 1. The number of fused-ring (bicyclic) bond motifs is 3. The number of pyridine rings is 1. The Morgan fingerprint density at radius 3 is 2.82 bits per heavy atom. The molecule has 28 heavy (non-hydrogen) atoms. The lowest BCUT2D eigenvalue weighted by Gasteiger charge is -2.07. The van der Waals surface area contributed by atoms with Crippen LogP contribution in [-0.4, -0.2) is 27.7 Å². The Labute approximate surface area is 164 Å². The number of hydrogen-bond acceptors (Lipinski definition) is 4. The van der Waals surface area contributed by atoms with Crippen molar-refractivity contribution in [1.82, 2.24) is 14.5 Å². The minimum absolute atomic E-state index is 0.393. The summed E-state index contributed by atoms with van der Waals surface area (Å²) in [5.41, 5.74) is 12.2. The highest BCUT2D eigenvalue weighted by atomic mass is 16.5. The summed E-state index contributed by atoms with van der Waals surface area (Å²) in [5, 5.41) is 1.04. The van der Waals surface area contributed by atoms with Crippen LogP contribution in [0.15, 0.2) is 48.8 Å². The average Bonchev–Trinajstić information content (AvgIpc) is 3.12. The Bertz CT molecular complexity index is 1210. The number of rotatable bonds is 4. The fourth-order valence-corrected chi connectivity index (χ4v) is 3.22. The minimum atomic E-state index is 0.393. The first-order valence-corrected chi connectivity index (χ1v) is 9.26. The summed E-state index contributed by atoms with van der Waals surface area (Å²) in [6.45, 7) is 5.81. The zero-order valence-electron chi connectivity index (χ0n) is 16.1. The van der Waals surface area contributed by atoms with Crippen LogP contribution < -0.4 is 5.73 Å². The van der Waals surface area contributed by atoms with Gasteiger partial charge in [-0.2, -0.15) is 0 Å². The number of anilines is 1. The van der Waals surface area contributed by atoms with Crippen molar-refractivity contribution in [2.45, 2.75) is 20.4 Å². The molecule has 0 radical (unpaired) electrons. The number of nitrogens with zero attached hydrogens (tertiary/aromatic N) is 3. The molecular weight excluding hydrogens is 348 g/mol. The van der Waals surface area contributed by atoms with Gasteiger partial charge in [-0.15, -0.1) is 0 Å². The lowest BCUT2D eigenvalue weighted by Crippen LogP contribution is -2.06. The van der Waals surface area contributed by atoms with Crippen LogP contribution in [0.25, 0.3) is 21.9 Å². The molecule has 0 amide bonds. The van der Waals surface area contributed by atoms with Crippen LogP contribution in [-0.2, 0) is 11.3 Å². The third-order valence-electron chi connectivity index (χ3n) is 4.87. The lowest BCUT2D eigenvalue weighted by atomic mass is 10.1. The molecule has 5 heteroatoms. The molecule has 2 heterocycles. The van der Waals surface area contributed by atoms with Gasteiger partial charge in [-0.3, -0.25) is 0 Å². The van der Waals surface area contributed by atoms with Crippen molar-refractivity contribution in [2.24, 2.45) is 0 Å². The van der Waals surface area contributed by atoms with Gasteiger partial charge in [-0.05, 0) is 43.2 Å². The van der Waals surface area contributed by atoms with Crippen molar-refractivity contribution in [3.8, 4) is 11.8 Å². The van der Waals surface area contributed by atoms with Crippen molar-refractivity contribution >= 4 is 27.8 Å². The van der Waals surface area contributed by atoms with E-state index in [2.05, 4.69) is 52.4 Å². The zero-order valence-corrected chi connectivity index (χ0v) is 16.1. The van der Waals surface area contributed by atoms with Crippen molar-refractivity contribution < 1.29 is 4.74 Å². The number of hydrogen-bond donors (Lipinski definition) is 1. The maximum absolute atomic E-state index is 6.07. The fraction of sp³-hybridized carbons (Fsp3) is 0.217. The summed E-state index contributed by atoms with van der Waals surface area (Å²) in [7, 11) is 0. The van der Waals surface area contributed by atoms with E-state index in [-0.39, 0.29) is 0 Å². The Hall–Kier alpha value is -3.36. The Kier molecular flexibility index (Phi) is 4.96. The van der Waals surface area contributed by atoms with Crippen LogP contribution in [0, 0.1) is 25.7 Å². The van der Waals surface area contributed by atoms with Crippen molar-refractivity contribution in [2.75, 3.05) is 18.9 Å². The smallest absolute Gasteiger partial charge is 0.152 e. The number of imidazole rings is 1. The summed E-state index contributed by atoms with van der Waals surface area (Å²) >= 11 is 0. The molecular formula is C23H22N4O. The van der Waals surface area contributed by atoms with Crippen LogP contribution >= 0.6 is 0 Å². The van der Waals surface area contributed by atoms with Crippen molar-refractivity contribution in [3.05, 3.63) is 65.5 Å². The molecule has 2 N–H and O–H groups in total. The summed E-state index contributed by atoms with van der Waals surface area (Å²) < 4.78 is 7.77. The van der Waals surface area contributed by atoms with Gasteiger partial charge in [0.1, 0.15) is 12.1 Å². The number of nitrogen functional groups attached to an aromatic ring is 1. The zero-order chi connectivity index (χ0) is 19.5. The summed E-state index contributed by atoms with van der Waals surface area (Å²) in [4.78, 5) is 8.86. The lowest BCUT2D eigenvalue weighted by molar-refractivity contribution is 0.158. The van der Waals surface area contributed by atoms with Gasteiger partial charge in [0.2, 0.25) is 0 Å². The highest BCUT2D eigenvalue weighted by Gasteiger charge is 2.11. The van der Waals surface area contributed by atoms with E-state index in [1.165, 1.54) is 11.1 Å². The second kappa shape index (κ2) is 7.71. The number of benzene rings is 2. The molecule has 4 rings (SSSR count). The second-order valence-corrected chi connectivity index (χ2v) is 6.80. The topological polar surface area (TPSA) is 66.0 Å². The van der Waals surface area contributed by atoms with Crippen LogP contribution in [0.2, 0.25) is 0 Å². The Morgan fingerprint density at radius 1 is 1.11 bits per heavy atom. The number of para-hydroxylation sites is 1. The van der Waals surface area contributed by atoms with Gasteiger partial charge < -0.3 is 15.0 Å². The van der Waals surface area contributed by atoms with Gasteiger partial charge in [0.25, 0.3) is 0 Å².